The number of carbonyl (C=O) groups is 2. The zero-order chi connectivity index (χ0) is 20.0. The van der Waals surface area contributed by atoms with Gasteiger partial charge in [-0.15, -0.1) is 0 Å². The van der Waals surface area contributed by atoms with Gasteiger partial charge >= 0.3 is 6.09 Å². The summed E-state index contributed by atoms with van der Waals surface area (Å²) >= 11 is 5.93. The summed E-state index contributed by atoms with van der Waals surface area (Å²) in [5.74, 6) is -0.512. The molecule has 0 saturated heterocycles. The van der Waals surface area contributed by atoms with Gasteiger partial charge in [-0.2, -0.15) is 0 Å². The number of halogens is 1. The monoisotopic (exact) mass is 389 g/mol. The van der Waals surface area contributed by atoms with E-state index in [0.29, 0.717) is 22.8 Å². The molecular weight excluding hydrogens is 366 g/mol. The number of hydrogen-bond donors (Lipinski definition) is 3. The van der Waals surface area contributed by atoms with Gasteiger partial charge in [-0.05, 0) is 44.5 Å². The lowest BCUT2D eigenvalue weighted by Crippen LogP contribution is -2.45. The molecule has 0 aliphatic carbocycles. The van der Waals surface area contributed by atoms with Crippen LogP contribution in [0.5, 0.6) is 0 Å². The van der Waals surface area contributed by atoms with E-state index in [-0.39, 0.29) is 0 Å². The fourth-order valence-electron chi connectivity index (χ4n) is 2.40. The van der Waals surface area contributed by atoms with Crippen LogP contribution in [0.25, 0.3) is 0 Å². The first-order chi connectivity index (χ1) is 12.6. The normalized spacial score (nSPS) is 12.1. The largest absolute Gasteiger partial charge is 0.444 e. The Morgan fingerprint density at radius 3 is 2.41 bits per heavy atom. The van der Waals surface area contributed by atoms with Crippen LogP contribution in [-0.4, -0.2) is 23.6 Å². The van der Waals surface area contributed by atoms with Crippen LogP contribution < -0.4 is 16.4 Å². The van der Waals surface area contributed by atoms with Crippen molar-refractivity contribution >= 4 is 35.0 Å². The molecule has 2 aromatic carbocycles. The lowest BCUT2D eigenvalue weighted by Gasteiger charge is -2.23. The first-order valence-corrected chi connectivity index (χ1v) is 8.91. The van der Waals surface area contributed by atoms with Crippen LogP contribution in [0.15, 0.2) is 48.5 Å². The molecule has 0 heterocycles. The topological polar surface area (TPSA) is 93.4 Å². The molecular formula is C20H24ClN3O3. The number of nitrogen functional groups attached to an aromatic ring is 1. The zero-order valence-corrected chi connectivity index (χ0v) is 16.3. The predicted molar refractivity (Wildman–Crippen MR) is 108 cm³/mol. The Morgan fingerprint density at radius 1 is 1.15 bits per heavy atom. The van der Waals surface area contributed by atoms with Crippen molar-refractivity contribution in [2.45, 2.75) is 38.8 Å². The number of nitrogens with one attached hydrogen (secondary N) is 2. The Hall–Kier alpha value is -2.73. The molecule has 2 amide bonds. The summed E-state index contributed by atoms with van der Waals surface area (Å²) in [5, 5.41) is 5.86. The van der Waals surface area contributed by atoms with Crippen molar-refractivity contribution in [1.82, 2.24) is 5.32 Å². The van der Waals surface area contributed by atoms with Gasteiger partial charge in [0.15, 0.2) is 0 Å². The van der Waals surface area contributed by atoms with Crippen LogP contribution in [0, 0.1) is 0 Å². The van der Waals surface area contributed by atoms with Gasteiger partial charge in [-0.25, -0.2) is 4.79 Å². The van der Waals surface area contributed by atoms with Crippen LogP contribution in [0.2, 0.25) is 5.02 Å². The number of carbonyl (C=O) groups excluding carboxylic acids is 2. The Morgan fingerprint density at radius 2 is 1.81 bits per heavy atom. The standard InChI is InChI=1S/C20H24ClN3O3/c1-20(2,3)27-19(26)24-18(25)17(11-13-7-5-4-6-8-13)23-16-10-9-14(21)12-15(16)22/h4-10,12,17,23H,11,22H2,1-3H3,(H,24,25,26)/t17-/m0/s1. The minimum absolute atomic E-state index is 0.359. The maximum atomic E-state index is 12.7. The SMILES string of the molecule is CC(C)(C)OC(=O)NC(=O)[C@H](Cc1ccccc1)Nc1ccc(Cl)cc1N. The summed E-state index contributed by atoms with van der Waals surface area (Å²) in [6, 6.07) is 13.7. The number of hydrogen-bond acceptors (Lipinski definition) is 5. The summed E-state index contributed by atoms with van der Waals surface area (Å²) in [4.78, 5) is 24.7. The van der Waals surface area contributed by atoms with Gasteiger partial charge < -0.3 is 15.8 Å². The lowest BCUT2D eigenvalue weighted by atomic mass is 10.0. The number of rotatable bonds is 5. The van der Waals surface area contributed by atoms with E-state index in [9.17, 15) is 9.59 Å². The summed E-state index contributed by atoms with van der Waals surface area (Å²) < 4.78 is 5.16. The average Bonchev–Trinajstić information content (AvgIpc) is 2.55. The van der Waals surface area contributed by atoms with Gasteiger partial charge in [-0.1, -0.05) is 41.9 Å². The van der Waals surface area contributed by atoms with E-state index in [1.54, 1.807) is 39.0 Å². The number of ether oxygens (including phenoxy) is 1. The van der Waals surface area contributed by atoms with Crippen molar-refractivity contribution in [2.24, 2.45) is 0 Å². The predicted octanol–water partition coefficient (Wildman–Crippen LogP) is 4.00. The number of nitrogens with two attached hydrogens (primary N) is 1. The number of alkyl carbamates (subject to hydrolysis) is 1. The van der Waals surface area contributed by atoms with Gasteiger partial charge in [0, 0.05) is 11.4 Å². The van der Waals surface area contributed by atoms with Gasteiger partial charge in [0.1, 0.15) is 11.6 Å². The minimum Gasteiger partial charge on any atom is -0.444 e. The maximum Gasteiger partial charge on any atom is 0.414 e. The third-order valence-electron chi connectivity index (χ3n) is 3.57. The van der Waals surface area contributed by atoms with E-state index < -0.39 is 23.6 Å². The molecule has 27 heavy (non-hydrogen) atoms. The number of imide groups is 1. The highest BCUT2D eigenvalue weighted by Gasteiger charge is 2.24. The molecule has 1 atom stereocenters. The molecule has 2 aromatic rings. The Balaban J connectivity index is 2.18. The second-order valence-electron chi connectivity index (χ2n) is 7.11. The van der Waals surface area contributed by atoms with Crippen molar-refractivity contribution in [3.8, 4) is 0 Å². The summed E-state index contributed by atoms with van der Waals surface area (Å²) in [7, 11) is 0. The van der Waals surface area contributed by atoms with E-state index in [1.807, 2.05) is 30.3 Å². The molecule has 0 spiro atoms. The van der Waals surface area contributed by atoms with Crippen molar-refractivity contribution in [3.63, 3.8) is 0 Å². The molecule has 0 aliphatic rings. The Labute approximate surface area is 164 Å². The highest BCUT2D eigenvalue weighted by atomic mass is 35.5. The van der Waals surface area contributed by atoms with E-state index >= 15 is 0 Å². The second-order valence-corrected chi connectivity index (χ2v) is 7.55. The van der Waals surface area contributed by atoms with Crippen molar-refractivity contribution in [3.05, 3.63) is 59.1 Å². The zero-order valence-electron chi connectivity index (χ0n) is 15.6. The molecule has 0 aliphatic heterocycles. The fourth-order valence-corrected chi connectivity index (χ4v) is 2.58. The van der Waals surface area contributed by atoms with Crippen LogP contribution >= 0.6 is 11.6 Å². The quantitative estimate of drug-likeness (QED) is 0.672. The number of benzene rings is 2. The third-order valence-corrected chi connectivity index (χ3v) is 3.80. The summed E-state index contributed by atoms with van der Waals surface area (Å²) in [6.07, 6.45) is -0.436. The minimum atomic E-state index is -0.795. The molecule has 0 radical (unpaired) electrons. The van der Waals surface area contributed by atoms with Crippen LogP contribution in [-0.2, 0) is 16.0 Å². The van der Waals surface area contributed by atoms with E-state index in [4.69, 9.17) is 22.1 Å². The molecule has 0 aromatic heterocycles. The van der Waals surface area contributed by atoms with E-state index in [1.165, 1.54) is 0 Å². The Bertz CT molecular complexity index is 804. The molecule has 6 nitrogen and oxygen atoms in total. The Kier molecular flexibility index (Phi) is 6.69. The molecule has 4 N–H and O–H groups in total. The van der Waals surface area contributed by atoms with Crippen molar-refractivity contribution in [2.75, 3.05) is 11.1 Å². The first kappa shape index (κ1) is 20.6. The molecule has 0 unspecified atom stereocenters. The molecule has 7 heteroatoms. The number of anilines is 2. The summed E-state index contributed by atoms with van der Waals surface area (Å²) in [5.41, 5.74) is 7.17. The molecule has 0 saturated carbocycles. The molecule has 144 valence electrons. The van der Waals surface area contributed by atoms with Crippen molar-refractivity contribution < 1.29 is 14.3 Å². The van der Waals surface area contributed by atoms with Gasteiger partial charge in [0.2, 0.25) is 0 Å². The fraction of sp³-hybridized carbons (Fsp3) is 0.300. The van der Waals surface area contributed by atoms with E-state index in [0.717, 1.165) is 5.56 Å². The number of amides is 2. The van der Waals surface area contributed by atoms with Crippen molar-refractivity contribution in [1.29, 1.82) is 0 Å². The van der Waals surface area contributed by atoms with E-state index in [2.05, 4.69) is 10.6 Å². The highest BCUT2D eigenvalue weighted by Crippen LogP contribution is 2.24. The van der Waals surface area contributed by atoms with Crippen LogP contribution in [0.4, 0.5) is 16.2 Å². The average molecular weight is 390 g/mol. The molecule has 2 rings (SSSR count). The smallest absolute Gasteiger partial charge is 0.414 e. The lowest BCUT2D eigenvalue weighted by molar-refractivity contribution is -0.121. The third kappa shape index (κ3) is 6.83. The molecule has 0 bridgehead atoms. The summed E-state index contributed by atoms with van der Waals surface area (Å²) in [6.45, 7) is 5.18. The molecule has 0 fully saturated rings. The van der Waals surface area contributed by atoms with Gasteiger partial charge in [-0.3, -0.25) is 10.1 Å². The van der Waals surface area contributed by atoms with Gasteiger partial charge in [0.25, 0.3) is 5.91 Å². The van der Waals surface area contributed by atoms with Gasteiger partial charge in [0.05, 0.1) is 11.4 Å². The van der Waals surface area contributed by atoms with Crippen LogP contribution in [0.3, 0.4) is 0 Å². The highest BCUT2D eigenvalue weighted by molar-refractivity contribution is 6.31. The second kappa shape index (κ2) is 8.77. The van der Waals surface area contributed by atoms with Crippen LogP contribution in [0.1, 0.15) is 26.3 Å². The maximum absolute atomic E-state index is 12.7. The first-order valence-electron chi connectivity index (χ1n) is 8.53.